The van der Waals surface area contributed by atoms with Crippen LogP contribution in [0.2, 0.25) is 5.28 Å². The van der Waals surface area contributed by atoms with Crippen molar-refractivity contribution in [3.63, 3.8) is 0 Å². The molecule has 0 fully saturated rings. The molecule has 0 saturated heterocycles. The number of aryl methyl sites for hydroxylation is 1. The minimum absolute atomic E-state index is 0.0953. The molecule has 0 aliphatic carbocycles. The van der Waals surface area contributed by atoms with Crippen LogP contribution in [0.1, 0.15) is 13.3 Å². The smallest absolute Gasteiger partial charge is 0.321 e. The average Bonchev–Trinajstić information content (AvgIpc) is 2.77. The van der Waals surface area contributed by atoms with Crippen molar-refractivity contribution >= 4 is 11.6 Å². The van der Waals surface area contributed by atoms with Crippen molar-refractivity contribution in [2.75, 3.05) is 7.11 Å². The van der Waals surface area contributed by atoms with Crippen molar-refractivity contribution in [1.29, 1.82) is 0 Å². The largest absolute Gasteiger partial charge is 0.467 e. The summed E-state index contributed by atoms with van der Waals surface area (Å²) in [6, 6.07) is 0.186. The van der Waals surface area contributed by atoms with E-state index in [1.165, 1.54) is 7.11 Å². The Morgan fingerprint density at radius 3 is 2.88 bits per heavy atom. The molecular formula is C10H12ClN5O. The zero-order valence-electron chi connectivity index (χ0n) is 9.59. The third kappa shape index (κ3) is 2.52. The maximum absolute atomic E-state index is 5.80. The number of hydrogen-bond donors (Lipinski definition) is 0. The van der Waals surface area contributed by atoms with Crippen molar-refractivity contribution in [2.24, 2.45) is 0 Å². The molecule has 2 heterocycles. The molecule has 0 amide bonds. The summed E-state index contributed by atoms with van der Waals surface area (Å²) in [4.78, 5) is 16.2. The lowest BCUT2D eigenvalue weighted by atomic mass is 10.4. The highest BCUT2D eigenvalue weighted by molar-refractivity contribution is 6.28. The average molecular weight is 254 g/mol. The van der Waals surface area contributed by atoms with Gasteiger partial charge in [0, 0.05) is 18.9 Å². The molecule has 2 rings (SSSR count). The Balaban J connectivity index is 2.44. The van der Waals surface area contributed by atoms with Gasteiger partial charge in [0.2, 0.25) is 11.1 Å². The molecule has 0 radical (unpaired) electrons. The van der Waals surface area contributed by atoms with Gasteiger partial charge in [-0.05, 0) is 18.0 Å². The van der Waals surface area contributed by atoms with E-state index >= 15 is 0 Å². The summed E-state index contributed by atoms with van der Waals surface area (Å²) in [5, 5.41) is 0.0953. The van der Waals surface area contributed by atoms with Crippen molar-refractivity contribution in [1.82, 2.24) is 24.5 Å². The first kappa shape index (κ1) is 11.8. The number of hydrogen-bond acceptors (Lipinski definition) is 5. The number of methoxy groups -OCH3 is 1. The Hall–Kier alpha value is -1.69. The van der Waals surface area contributed by atoms with E-state index < -0.39 is 0 Å². The summed E-state index contributed by atoms with van der Waals surface area (Å²) in [7, 11) is 1.48. The topological polar surface area (TPSA) is 65.7 Å². The molecule has 2 aromatic heterocycles. The summed E-state index contributed by atoms with van der Waals surface area (Å²) < 4.78 is 6.91. The van der Waals surface area contributed by atoms with Crippen LogP contribution in [-0.2, 0) is 6.54 Å². The lowest BCUT2D eigenvalue weighted by molar-refractivity contribution is 0.378. The summed E-state index contributed by atoms with van der Waals surface area (Å²) >= 11 is 5.80. The van der Waals surface area contributed by atoms with Gasteiger partial charge in [0.1, 0.15) is 0 Å². The molecule has 0 bridgehead atoms. The van der Waals surface area contributed by atoms with Crippen LogP contribution in [-0.4, -0.2) is 31.6 Å². The van der Waals surface area contributed by atoms with E-state index in [1.54, 1.807) is 6.20 Å². The number of halogens is 1. The van der Waals surface area contributed by atoms with E-state index in [2.05, 4.69) is 26.9 Å². The van der Waals surface area contributed by atoms with Gasteiger partial charge >= 0.3 is 6.01 Å². The van der Waals surface area contributed by atoms with Crippen LogP contribution in [0.3, 0.4) is 0 Å². The molecule has 0 unspecified atom stereocenters. The summed E-state index contributed by atoms with van der Waals surface area (Å²) in [6.07, 6.45) is 4.58. The van der Waals surface area contributed by atoms with Crippen molar-refractivity contribution in [3.8, 4) is 17.7 Å². The Labute approximate surface area is 104 Å². The second-order valence-corrected chi connectivity index (χ2v) is 3.70. The van der Waals surface area contributed by atoms with Crippen LogP contribution in [0.25, 0.3) is 11.6 Å². The first-order valence-corrected chi connectivity index (χ1v) is 5.59. The Morgan fingerprint density at radius 1 is 1.35 bits per heavy atom. The lowest BCUT2D eigenvalue weighted by Gasteiger charge is -2.05. The van der Waals surface area contributed by atoms with Gasteiger partial charge in [-0.25, -0.2) is 4.98 Å². The molecular weight excluding hydrogens is 242 g/mol. The molecule has 0 aromatic carbocycles. The van der Waals surface area contributed by atoms with E-state index in [-0.39, 0.29) is 11.3 Å². The lowest BCUT2D eigenvalue weighted by Crippen LogP contribution is -2.04. The summed E-state index contributed by atoms with van der Waals surface area (Å²) in [5.41, 5.74) is 0. The molecule has 7 heteroatoms. The number of nitrogens with zero attached hydrogens (tertiary/aromatic N) is 5. The highest BCUT2D eigenvalue weighted by Crippen LogP contribution is 2.17. The van der Waals surface area contributed by atoms with E-state index in [0.29, 0.717) is 11.6 Å². The molecule has 0 N–H and O–H groups in total. The molecule has 0 atom stereocenters. The number of imidazole rings is 1. The standard InChI is InChI=1S/C10H12ClN5O/c1-3-5-16-6-4-12-8(16)7-13-9(11)15-10(14-7)17-2/h4,6H,3,5H2,1-2H3. The maximum Gasteiger partial charge on any atom is 0.321 e. The van der Waals surface area contributed by atoms with Crippen LogP contribution >= 0.6 is 11.6 Å². The SMILES string of the molecule is CCCn1ccnc1-c1nc(Cl)nc(OC)n1. The second-order valence-electron chi connectivity index (χ2n) is 3.36. The highest BCUT2D eigenvalue weighted by Gasteiger charge is 2.12. The van der Waals surface area contributed by atoms with Crippen molar-refractivity contribution in [3.05, 3.63) is 17.7 Å². The van der Waals surface area contributed by atoms with Crippen LogP contribution in [0.15, 0.2) is 12.4 Å². The van der Waals surface area contributed by atoms with Gasteiger partial charge in [0.05, 0.1) is 7.11 Å². The molecule has 2 aromatic rings. The van der Waals surface area contributed by atoms with Crippen molar-refractivity contribution < 1.29 is 4.74 Å². The number of aromatic nitrogens is 5. The highest BCUT2D eigenvalue weighted by atomic mass is 35.5. The van der Waals surface area contributed by atoms with Gasteiger partial charge in [-0.15, -0.1) is 0 Å². The van der Waals surface area contributed by atoms with Gasteiger partial charge in [0.15, 0.2) is 5.82 Å². The molecule has 90 valence electrons. The van der Waals surface area contributed by atoms with Crippen LogP contribution in [0.4, 0.5) is 0 Å². The van der Waals surface area contributed by atoms with E-state index in [0.717, 1.165) is 13.0 Å². The number of rotatable bonds is 4. The first-order chi connectivity index (χ1) is 8.24. The molecule has 0 aliphatic rings. The molecule has 17 heavy (non-hydrogen) atoms. The Bertz CT molecular complexity index is 513. The predicted molar refractivity (Wildman–Crippen MR) is 62.9 cm³/mol. The minimum atomic E-state index is 0.0953. The second kappa shape index (κ2) is 5.09. The molecule has 0 saturated carbocycles. The quantitative estimate of drug-likeness (QED) is 0.831. The van der Waals surface area contributed by atoms with Gasteiger partial charge in [-0.1, -0.05) is 6.92 Å². The maximum atomic E-state index is 5.80. The molecule has 6 nitrogen and oxygen atoms in total. The molecule has 0 spiro atoms. The van der Waals surface area contributed by atoms with Gasteiger partial charge < -0.3 is 9.30 Å². The fourth-order valence-electron chi connectivity index (χ4n) is 1.46. The van der Waals surface area contributed by atoms with Gasteiger partial charge in [0.25, 0.3) is 0 Å². The van der Waals surface area contributed by atoms with E-state index in [4.69, 9.17) is 16.3 Å². The summed E-state index contributed by atoms with van der Waals surface area (Å²) in [5.74, 6) is 1.08. The minimum Gasteiger partial charge on any atom is -0.467 e. The monoisotopic (exact) mass is 253 g/mol. The zero-order valence-corrected chi connectivity index (χ0v) is 10.3. The third-order valence-corrected chi connectivity index (χ3v) is 2.32. The first-order valence-electron chi connectivity index (χ1n) is 5.21. The van der Waals surface area contributed by atoms with Crippen LogP contribution < -0.4 is 4.74 Å². The number of ether oxygens (including phenoxy) is 1. The zero-order chi connectivity index (χ0) is 12.3. The third-order valence-electron chi connectivity index (χ3n) is 2.15. The van der Waals surface area contributed by atoms with Gasteiger partial charge in [-0.2, -0.15) is 15.0 Å². The predicted octanol–water partition coefficient (Wildman–Crippen LogP) is 1.81. The Morgan fingerprint density at radius 2 is 2.18 bits per heavy atom. The van der Waals surface area contributed by atoms with Crippen LogP contribution in [0, 0.1) is 0 Å². The van der Waals surface area contributed by atoms with E-state index in [9.17, 15) is 0 Å². The van der Waals surface area contributed by atoms with Crippen molar-refractivity contribution in [2.45, 2.75) is 19.9 Å². The molecule has 0 aliphatic heterocycles. The van der Waals surface area contributed by atoms with E-state index in [1.807, 2.05) is 10.8 Å². The fraction of sp³-hybridized carbons (Fsp3) is 0.400. The Kier molecular flexibility index (Phi) is 3.53. The van der Waals surface area contributed by atoms with Gasteiger partial charge in [-0.3, -0.25) is 0 Å². The fourth-order valence-corrected chi connectivity index (χ4v) is 1.61. The summed E-state index contributed by atoms with van der Waals surface area (Å²) in [6.45, 7) is 2.94. The van der Waals surface area contributed by atoms with Crippen LogP contribution in [0.5, 0.6) is 6.01 Å². The normalized spacial score (nSPS) is 10.5.